The fourth-order valence-electron chi connectivity index (χ4n) is 3.10. The van der Waals surface area contributed by atoms with Gasteiger partial charge in [-0.15, -0.1) is 11.3 Å². The zero-order valence-electron chi connectivity index (χ0n) is 14.3. The SMILES string of the molecule is O=C(Nc1nc2c(s1)CN(CC(=O)N1CCOCC1)CC2)c1ccsc1. The number of carbonyl (C=O) groups is 2. The van der Waals surface area contributed by atoms with Crippen molar-refractivity contribution in [2.24, 2.45) is 0 Å². The molecular formula is C17H20N4O3S2. The molecule has 0 aliphatic carbocycles. The Bertz CT molecular complexity index is 784. The number of thiophene rings is 1. The van der Waals surface area contributed by atoms with Gasteiger partial charge >= 0.3 is 0 Å². The Hall–Kier alpha value is -1.81. The third kappa shape index (κ3) is 3.96. The van der Waals surface area contributed by atoms with Crippen molar-refractivity contribution in [2.45, 2.75) is 13.0 Å². The lowest BCUT2D eigenvalue weighted by molar-refractivity contribution is -0.136. The summed E-state index contributed by atoms with van der Waals surface area (Å²) in [4.78, 5) is 34.3. The number of rotatable bonds is 4. The number of fused-ring (bicyclic) bond motifs is 1. The molecule has 1 saturated heterocycles. The highest BCUT2D eigenvalue weighted by atomic mass is 32.1. The minimum atomic E-state index is -0.128. The minimum absolute atomic E-state index is 0.128. The second-order valence-corrected chi connectivity index (χ2v) is 8.17. The maximum Gasteiger partial charge on any atom is 0.258 e. The van der Waals surface area contributed by atoms with Crippen LogP contribution in [0.5, 0.6) is 0 Å². The maximum atomic E-state index is 12.4. The summed E-state index contributed by atoms with van der Waals surface area (Å²) in [5.74, 6) is 0.0314. The van der Waals surface area contributed by atoms with Gasteiger partial charge in [0.2, 0.25) is 5.91 Å². The van der Waals surface area contributed by atoms with E-state index >= 15 is 0 Å². The number of thiazole rings is 1. The van der Waals surface area contributed by atoms with Gasteiger partial charge in [0, 0.05) is 42.9 Å². The van der Waals surface area contributed by atoms with Gasteiger partial charge in [-0.1, -0.05) is 0 Å². The molecule has 26 heavy (non-hydrogen) atoms. The largest absolute Gasteiger partial charge is 0.378 e. The van der Waals surface area contributed by atoms with Gasteiger partial charge in [0.05, 0.1) is 31.0 Å². The average molecular weight is 393 g/mol. The van der Waals surface area contributed by atoms with Crippen molar-refractivity contribution < 1.29 is 14.3 Å². The van der Waals surface area contributed by atoms with Crippen LogP contribution in [0.2, 0.25) is 0 Å². The second kappa shape index (κ2) is 7.83. The zero-order chi connectivity index (χ0) is 17.9. The first-order chi connectivity index (χ1) is 12.7. The third-order valence-electron chi connectivity index (χ3n) is 4.54. The van der Waals surface area contributed by atoms with Crippen molar-refractivity contribution in [3.63, 3.8) is 0 Å². The van der Waals surface area contributed by atoms with Crippen LogP contribution < -0.4 is 5.32 Å². The van der Waals surface area contributed by atoms with Gasteiger partial charge in [-0.2, -0.15) is 11.3 Å². The first-order valence-electron chi connectivity index (χ1n) is 8.59. The summed E-state index contributed by atoms with van der Waals surface area (Å²) in [6, 6.07) is 1.80. The van der Waals surface area contributed by atoms with Crippen molar-refractivity contribution in [1.29, 1.82) is 0 Å². The number of nitrogens with zero attached hydrogens (tertiary/aromatic N) is 3. The number of carbonyl (C=O) groups excluding carboxylic acids is 2. The predicted octanol–water partition coefficient (Wildman–Crippen LogP) is 1.67. The molecule has 0 saturated carbocycles. The van der Waals surface area contributed by atoms with Crippen molar-refractivity contribution in [3.8, 4) is 0 Å². The Balaban J connectivity index is 1.35. The first kappa shape index (κ1) is 17.6. The normalized spacial score (nSPS) is 17.8. The quantitative estimate of drug-likeness (QED) is 0.857. The number of ether oxygens (including phenoxy) is 1. The number of aromatic nitrogens is 1. The molecule has 2 aliphatic rings. The van der Waals surface area contributed by atoms with E-state index in [2.05, 4.69) is 15.2 Å². The highest BCUT2D eigenvalue weighted by Crippen LogP contribution is 2.28. The molecule has 0 aromatic carbocycles. The Kier molecular flexibility index (Phi) is 5.30. The van der Waals surface area contributed by atoms with Crippen molar-refractivity contribution in [2.75, 3.05) is 44.7 Å². The van der Waals surface area contributed by atoms with Gasteiger partial charge in [-0.25, -0.2) is 4.98 Å². The highest BCUT2D eigenvalue weighted by molar-refractivity contribution is 7.16. The molecule has 0 spiro atoms. The summed E-state index contributed by atoms with van der Waals surface area (Å²) in [6.45, 7) is 4.54. The van der Waals surface area contributed by atoms with E-state index in [0.29, 0.717) is 50.1 Å². The fraction of sp³-hybridized carbons (Fsp3) is 0.471. The molecule has 0 atom stereocenters. The number of anilines is 1. The van der Waals surface area contributed by atoms with Crippen LogP contribution in [0.1, 0.15) is 20.9 Å². The number of nitrogens with one attached hydrogen (secondary N) is 1. The lowest BCUT2D eigenvalue weighted by Crippen LogP contribution is -2.46. The zero-order valence-corrected chi connectivity index (χ0v) is 15.9. The molecule has 2 aliphatic heterocycles. The molecule has 0 unspecified atom stereocenters. The van der Waals surface area contributed by atoms with E-state index in [1.807, 2.05) is 15.7 Å². The van der Waals surface area contributed by atoms with Gasteiger partial charge in [0.15, 0.2) is 5.13 Å². The standard InChI is InChI=1S/C17H20N4O3S2/c22-15(21-4-6-24-7-5-21)10-20-3-1-13-14(9-20)26-17(18-13)19-16(23)12-2-8-25-11-12/h2,8,11H,1,3-7,9-10H2,(H,18,19,23). The van der Waals surface area contributed by atoms with Crippen molar-refractivity contribution >= 4 is 39.6 Å². The number of morpholine rings is 1. The monoisotopic (exact) mass is 392 g/mol. The third-order valence-corrected chi connectivity index (χ3v) is 6.22. The van der Waals surface area contributed by atoms with E-state index in [1.54, 1.807) is 6.07 Å². The van der Waals surface area contributed by atoms with E-state index in [4.69, 9.17) is 4.74 Å². The molecule has 1 N–H and O–H groups in total. The number of hydrogen-bond acceptors (Lipinski definition) is 7. The van der Waals surface area contributed by atoms with E-state index in [0.717, 1.165) is 23.5 Å². The predicted molar refractivity (Wildman–Crippen MR) is 101 cm³/mol. The van der Waals surface area contributed by atoms with E-state index in [1.165, 1.54) is 22.7 Å². The summed E-state index contributed by atoms with van der Waals surface area (Å²) < 4.78 is 5.30. The van der Waals surface area contributed by atoms with Crippen LogP contribution in [0.25, 0.3) is 0 Å². The van der Waals surface area contributed by atoms with Gasteiger partial charge < -0.3 is 9.64 Å². The molecule has 2 amide bonds. The van der Waals surface area contributed by atoms with Crippen molar-refractivity contribution in [3.05, 3.63) is 33.0 Å². The minimum Gasteiger partial charge on any atom is -0.378 e. The molecule has 138 valence electrons. The van der Waals surface area contributed by atoms with Crippen LogP contribution in [0.3, 0.4) is 0 Å². The highest BCUT2D eigenvalue weighted by Gasteiger charge is 2.25. The Morgan fingerprint density at radius 2 is 2.12 bits per heavy atom. The van der Waals surface area contributed by atoms with Gasteiger partial charge in [-0.05, 0) is 11.4 Å². The fourth-order valence-corrected chi connectivity index (χ4v) is 4.79. The summed E-state index contributed by atoms with van der Waals surface area (Å²) >= 11 is 3.00. The van der Waals surface area contributed by atoms with Crippen LogP contribution in [0, 0.1) is 0 Å². The second-order valence-electron chi connectivity index (χ2n) is 6.31. The average Bonchev–Trinajstić information content (AvgIpc) is 3.31. The van der Waals surface area contributed by atoms with E-state index < -0.39 is 0 Å². The summed E-state index contributed by atoms with van der Waals surface area (Å²) in [6.07, 6.45) is 0.802. The Morgan fingerprint density at radius 3 is 2.88 bits per heavy atom. The van der Waals surface area contributed by atoms with Crippen LogP contribution in [0.4, 0.5) is 5.13 Å². The molecule has 0 bridgehead atoms. The van der Waals surface area contributed by atoms with Crippen LogP contribution in [0.15, 0.2) is 16.8 Å². The van der Waals surface area contributed by atoms with Crippen molar-refractivity contribution in [1.82, 2.24) is 14.8 Å². The number of amides is 2. The molecule has 7 nitrogen and oxygen atoms in total. The topological polar surface area (TPSA) is 74.8 Å². The Labute approximate surface area is 159 Å². The molecule has 1 fully saturated rings. The summed E-state index contributed by atoms with van der Waals surface area (Å²) in [5.41, 5.74) is 1.69. The smallest absolute Gasteiger partial charge is 0.258 e. The molecule has 2 aromatic heterocycles. The summed E-state index contributed by atoms with van der Waals surface area (Å²) in [5, 5.41) is 7.21. The molecule has 0 radical (unpaired) electrons. The lowest BCUT2D eigenvalue weighted by atomic mass is 10.2. The lowest BCUT2D eigenvalue weighted by Gasteiger charge is -2.31. The number of hydrogen-bond donors (Lipinski definition) is 1. The summed E-state index contributed by atoms with van der Waals surface area (Å²) in [7, 11) is 0. The first-order valence-corrected chi connectivity index (χ1v) is 10.3. The van der Waals surface area contributed by atoms with E-state index in [-0.39, 0.29) is 11.8 Å². The van der Waals surface area contributed by atoms with E-state index in [9.17, 15) is 9.59 Å². The van der Waals surface area contributed by atoms with Crippen LogP contribution in [-0.2, 0) is 22.5 Å². The molecule has 9 heteroatoms. The molecular weight excluding hydrogens is 372 g/mol. The molecule has 2 aromatic rings. The maximum absolute atomic E-state index is 12.4. The van der Waals surface area contributed by atoms with Crippen LogP contribution >= 0.6 is 22.7 Å². The van der Waals surface area contributed by atoms with Crippen LogP contribution in [-0.4, -0.2) is 66.0 Å². The van der Waals surface area contributed by atoms with Gasteiger partial charge in [0.25, 0.3) is 5.91 Å². The molecule has 4 rings (SSSR count). The Morgan fingerprint density at radius 1 is 1.27 bits per heavy atom. The van der Waals surface area contributed by atoms with Gasteiger partial charge in [-0.3, -0.25) is 19.8 Å². The molecule has 4 heterocycles. The van der Waals surface area contributed by atoms with Gasteiger partial charge in [0.1, 0.15) is 0 Å².